The van der Waals surface area contributed by atoms with Crippen molar-refractivity contribution >= 4 is 23.1 Å². The van der Waals surface area contributed by atoms with E-state index in [9.17, 15) is 13.6 Å². The second-order valence-corrected chi connectivity index (χ2v) is 8.25. The molecule has 36 heavy (non-hydrogen) atoms. The van der Waals surface area contributed by atoms with E-state index in [1.165, 1.54) is 31.2 Å². The summed E-state index contributed by atoms with van der Waals surface area (Å²) < 4.78 is 43.8. The SMILES string of the molecule is CC(Oc1cccc(CCN(CCCOc2ccc(F)cc2)c2nc3cc(F)ccc3o2)c1)C(=O)O. The van der Waals surface area contributed by atoms with Crippen LogP contribution < -0.4 is 14.4 Å². The summed E-state index contributed by atoms with van der Waals surface area (Å²) in [7, 11) is 0. The Morgan fingerprint density at radius 2 is 1.81 bits per heavy atom. The lowest BCUT2D eigenvalue weighted by Gasteiger charge is -2.21. The molecule has 1 aromatic heterocycles. The quantitative estimate of drug-likeness (QED) is 0.260. The summed E-state index contributed by atoms with van der Waals surface area (Å²) in [6, 6.07) is 17.6. The van der Waals surface area contributed by atoms with Gasteiger partial charge in [-0.05, 0) is 73.9 Å². The first kappa shape index (κ1) is 25.0. The van der Waals surface area contributed by atoms with Crippen molar-refractivity contribution in [3.63, 3.8) is 0 Å². The van der Waals surface area contributed by atoms with Gasteiger partial charge in [-0.1, -0.05) is 12.1 Å². The lowest BCUT2D eigenvalue weighted by atomic mass is 10.1. The molecule has 0 amide bonds. The van der Waals surface area contributed by atoms with Gasteiger partial charge in [-0.25, -0.2) is 13.6 Å². The van der Waals surface area contributed by atoms with E-state index >= 15 is 0 Å². The fourth-order valence-corrected chi connectivity index (χ4v) is 3.60. The molecule has 7 nitrogen and oxygen atoms in total. The second-order valence-electron chi connectivity index (χ2n) is 8.25. The topological polar surface area (TPSA) is 85.0 Å². The Balaban J connectivity index is 1.43. The number of hydrogen-bond donors (Lipinski definition) is 1. The van der Waals surface area contributed by atoms with Crippen LogP contribution in [-0.4, -0.2) is 41.9 Å². The highest BCUT2D eigenvalue weighted by Gasteiger charge is 2.16. The van der Waals surface area contributed by atoms with Crippen molar-refractivity contribution in [2.75, 3.05) is 24.6 Å². The Bertz CT molecular complexity index is 1310. The van der Waals surface area contributed by atoms with Crippen molar-refractivity contribution < 1.29 is 32.6 Å². The number of halogens is 2. The first-order valence-corrected chi connectivity index (χ1v) is 11.6. The highest BCUT2D eigenvalue weighted by atomic mass is 19.1. The molecule has 0 saturated carbocycles. The molecule has 1 N–H and O–H groups in total. The summed E-state index contributed by atoms with van der Waals surface area (Å²) in [5.74, 6) is -0.713. The van der Waals surface area contributed by atoms with Crippen LogP contribution in [0.1, 0.15) is 18.9 Å². The maximum absolute atomic E-state index is 13.6. The molecule has 4 aromatic rings. The van der Waals surface area contributed by atoms with Crippen LogP contribution in [0.5, 0.6) is 11.5 Å². The number of aromatic nitrogens is 1. The number of carbonyl (C=O) groups is 1. The van der Waals surface area contributed by atoms with Crippen molar-refractivity contribution in [1.29, 1.82) is 0 Å². The fraction of sp³-hybridized carbons (Fsp3) is 0.259. The summed E-state index contributed by atoms with van der Waals surface area (Å²) in [5, 5.41) is 9.08. The average molecular weight is 497 g/mol. The molecule has 0 radical (unpaired) electrons. The zero-order valence-electron chi connectivity index (χ0n) is 19.7. The summed E-state index contributed by atoms with van der Waals surface area (Å²) in [5.41, 5.74) is 1.85. The van der Waals surface area contributed by atoms with Crippen molar-refractivity contribution in [2.24, 2.45) is 0 Å². The van der Waals surface area contributed by atoms with Crippen LogP contribution in [-0.2, 0) is 11.2 Å². The van der Waals surface area contributed by atoms with Crippen LogP contribution >= 0.6 is 0 Å². The number of aliphatic carboxylic acids is 1. The van der Waals surface area contributed by atoms with E-state index in [0.717, 1.165) is 5.56 Å². The number of carboxylic acid groups (broad SMARTS) is 1. The molecule has 0 saturated heterocycles. The minimum Gasteiger partial charge on any atom is -0.494 e. The summed E-state index contributed by atoms with van der Waals surface area (Å²) in [6.45, 7) is 2.95. The minimum atomic E-state index is -1.04. The highest BCUT2D eigenvalue weighted by molar-refractivity contribution is 5.74. The normalized spacial score (nSPS) is 11.9. The van der Waals surface area contributed by atoms with Gasteiger partial charge >= 0.3 is 5.97 Å². The zero-order valence-corrected chi connectivity index (χ0v) is 19.7. The number of nitrogens with zero attached hydrogens (tertiary/aromatic N) is 2. The highest BCUT2D eigenvalue weighted by Crippen LogP contribution is 2.24. The van der Waals surface area contributed by atoms with Crippen LogP contribution in [0.15, 0.2) is 71.1 Å². The summed E-state index contributed by atoms with van der Waals surface area (Å²) >= 11 is 0. The van der Waals surface area contributed by atoms with Gasteiger partial charge in [0.2, 0.25) is 0 Å². The van der Waals surface area contributed by atoms with Gasteiger partial charge in [0.15, 0.2) is 11.7 Å². The molecule has 1 heterocycles. The number of anilines is 1. The van der Waals surface area contributed by atoms with Gasteiger partial charge in [0.25, 0.3) is 6.01 Å². The molecule has 0 aliphatic rings. The van der Waals surface area contributed by atoms with Crippen LogP contribution in [0.2, 0.25) is 0 Å². The number of oxazole rings is 1. The van der Waals surface area contributed by atoms with Crippen molar-refractivity contribution in [1.82, 2.24) is 4.98 Å². The second kappa shape index (κ2) is 11.5. The van der Waals surface area contributed by atoms with Crippen LogP contribution in [0.25, 0.3) is 11.1 Å². The van der Waals surface area contributed by atoms with E-state index in [1.807, 2.05) is 17.0 Å². The maximum atomic E-state index is 13.6. The molecular weight excluding hydrogens is 470 g/mol. The molecule has 1 unspecified atom stereocenters. The third-order valence-corrected chi connectivity index (χ3v) is 5.49. The number of hydrogen-bond acceptors (Lipinski definition) is 6. The number of fused-ring (bicyclic) bond motifs is 1. The zero-order chi connectivity index (χ0) is 25.5. The van der Waals surface area contributed by atoms with Gasteiger partial charge < -0.3 is 23.9 Å². The van der Waals surface area contributed by atoms with Gasteiger partial charge in [-0.3, -0.25) is 0 Å². The van der Waals surface area contributed by atoms with Crippen LogP contribution in [0, 0.1) is 11.6 Å². The van der Waals surface area contributed by atoms with E-state index in [0.29, 0.717) is 61.2 Å². The number of benzene rings is 3. The molecule has 0 spiro atoms. The van der Waals surface area contributed by atoms with Gasteiger partial charge in [0.1, 0.15) is 28.7 Å². The minimum absolute atomic E-state index is 0.326. The summed E-state index contributed by atoms with van der Waals surface area (Å²) in [4.78, 5) is 17.5. The van der Waals surface area contributed by atoms with Gasteiger partial charge in [0, 0.05) is 19.2 Å². The predicted octanol–water partition coefficient (Wildman–Crippen LogP) is 5.48. The fourth-order valence-electron chi connectivity index (χ4n) is 3.60. The molecular formula is C27H26F2N2O5. The molecule has 0 aliphatic heterocycles. The molecule has 3 aromatic carbocycles. The first-order valence-electron chi connectivity index (χ1n) is 11.6. The van der Waals surface area contributed by atoms with E-state index in [-0.39, 0.29) is 5.82 Å². The van der Waals surface area contributed by atoms with Crippen LogP contribution in [0.4, 0.5) is 14.8 Å². The monoisotopic (exact) mass is 496 g/mol. The van der Waals surface area contributed by atoms with E-state index < -0.39 is 17.9 Å². The Morgan fingerprint density at radius 3 is 2.58 bits per heavy atom. The van der Waals surface area contributed by atoms with Gasteiger partial charge in [0.05, 0.1) is 6.61 Å². The molecule has 9 heteroatoms. The Kier molecular flexibility index (Phi) is 7.99. The largest absolute Gasteiger partial charge is 0.494 e. The summed E-state index contributed by atoms with van der Waals surface area (Å²) in [6.07, 6.45) is 0.270. The molecule has 0 aliphatic carbocycles. The lowest BCUT2D eigenvalue weighted by Crippen LogP contribution is -2.28. The Hall–Kier alpha value is -4.14. The molecule has 1 atom stereocenters. The Labute approximate surface area is 206 Å². The number of carboxylic acids is 1. The van der Waals surface area contributed by atoms with Gasteiger partial charge in [-0.15, -0.1) is 0 Å². The molecule has 0 bridgehead atoms. The first-order chi connectivity index (χ1) is 17.4. The number of ether oxygens (including phenoxy) is 2. The molecule has 4 rings (SSSR count). The molecule has 188 valence electrons. The Morgan fingerprint density at radius 1 is 1.03 bits per heavy atom. The standard InChI is InChI=1S/C27H26F2N2O5/c1-18(26(32)33)35-23-5-2-4-19(16-23)12-14-31(13-3-15-34-22-9-6-20(28)7-10-22)27-30-24-17-21(29)8-11-25(24)36-27/h2,4-11,16-18H,3,12-15H2,1H3,(H,32,33). The van der Waals surface area contributed by atoms with E-state index in [4.69, 9.17) is 19.0 Å². The van der Waals surface area contributed by atoms with Crippen molar-refractivity contribution in [2.45, 2.75) is 25.9 Å². The predicted molar refractivity (Wildman–Crippen MR) is 131 cm³/mol. The smallest absolute Gasteiger partial charge is 0.344 e. The third-order valence-electron chi connectivity index (χ3n) is 5.49. The molecule has 0 fully saturated rings. The van der Waals surface area contributed by atoms with Gasteiger partial charge in [-0.2, -0.15) is 4.98 Å². The van der Waals surface area contributed by atoms with E-state index in [2.05, 4.69) is 4.98 Å². The van der Waals surface area contributed by atoms with E-state index in [1.54, 1.807) is 30.3 Å². The average Bonchev–Trinajstić information content (AvgIpc) is 3.27. The third kappa shape index (κ3) is 6.71. The lowest BCUT2D eigenvalue weighted by molar-refractivity contribution is -0.144. The van der Waals surface area contributed by atoms with Crippen molar-refractivity contribution in [3.8, 4) is 11.5 Å². The maximum Gasteiger partial charge on any atom is 0.344 e. The van der Waals surface area contributed by atoms with Crippen molar-refractivity contribution in [3.05, 3.63) is 83.9 Å². The number of rotatable bonds is 12. The van der Waals surface area contributed by atoms with Crippen LogP contribution in [0.3, 0.4) is 0 Å².